The van der Waals surface area contributed by atoms with E-state index in [-0.39, 0.29) is 0 Å². The molecule has 0 unspecified atom stereocenters. The monoisotopic (exact) mass is 210 g/mol. The van der Waals surface area contributed by atoms with Gasteiger partial charge in [0.2, 0.25) is 0 Å². The zero-order valence-electron chi connectivity index (χ0n) is 9.20. The summed E-state index contributed by atoms with van der Waals surface area (Å²) >= 11 is 2.02. The Morgan fingerprint density at radius 2 is 2.21 bits per heavy atom. The van der Waals surface area contributed by atoms with Gasteiger partial charge in [0, 0.05) is 11.6 Å². The molecule has 78 valence electrons. The van der Waals surface area contributed by atoms with Gasteiger partial charge in [0.15, 0.2) is 18.3 Å². The first-order valence-electron chi connectivity index (χ1n) is 5.36. The lowest BCUT2D eigenvalue weighted by Crippen LogP contribution is -2.31. The Morgan fingerprint density at radius 3 is 2.93 bits per heavy atom. The Balaban J connectivity index is 2.18. The lowest BCUT2D eigenvalue weighted by atomic mass is 10.3. The van der Waals surface area contributed by atoms with Crippen LogP contribution in [-0.2, 0) is 5.88 Å². The zero-order valence-corrected chi connectivity index (χ0v) is 10.0. The van der Waals surface area contributed by atoms with Gasteiger partial charge in [-0.1, -0.05) is 31.5 Å². The average Bonchev–Trinajstić information content (AvgIpc) is 2.18. The van der Waals surface area contributed by atoms with Crippen LogP contribution in [0, 0.1) is 6.92 Å². The van der Waals surface area contributed by atoms with Crippen LogP contribution in [0.5, 0.6) is 0 Å². The van der Waals surface area contributed by atoms with Gasteiger partial charge in [0.25, 0.3) is 0 Å². The second-order valence-corrected chi connectivity index (χ2v) is 4.71. The highest BCUT2D eigenvalue weighted by atomic mass is 32.2. The molecule has 0 spiro atoms. The fourth-order valence-electron chi connectivity index (χ4n) is 1.36. The predicted octanol–water partition coefficient (Wildman–Crippen LogP) is 3.16. The van der Waals surface area contributed by atoms with Crippen molar-refractivity contribution in [3.63, 3.8) is 0 Å². The van der Waals surface area contributed by atoms with Crippen molar-refractivity contribution >= 4 is 11.8 Å². The number of nitrogens with zero attached hydrogens (tertiary/aromatic N) is 1. The summed E-state index contributed by atoms with van der Waals surface area (Å²) in [5, 5.41) is 0. The molecule has 0 N–H and O–H groups in total. The third-order valence-electron chi connectivity index (χ3n) is 2.14. The van der Waals surface area contributed by atoms with E-state index in [1.165, 1.54) is 30.6 Å². The topological polar surface area (TPSA) is 3.88 Å². The molecule has 2 heteroatoms. The van der Waals surface area contributed by atoms with Crippen molar-refractivity contribution in [2.75, 3.05) is 5.75 Å². The summed E-state index contributed by atoms with van der Waals surface area (Å²) in [6.45, 7) is 4.39. The van der Waals surface area contributed by atoms with Gasteiger partial charge in [-0.2, -0.15) is 4.57 Å². The molecule has 14 heavy (non-hydrogen) atoms. The van der Waals surface area contributed by atoms with Crippen molar-refractivity contribution in [3.8, 4) is 0 Å². The van der Waals surface area contributed by atoms with E-state index in [0.717, 1.165) is 5.88 Å². The molecule has 0 aromatic carbocycles. The Kier molecular flexibility index (Phi) is 5.69. The average molecular weight is 210 g/mol. The van der Waals surface area contributed by atoms with Crippen molar-refractivity contribution < 1.29 is 4.57 Å². The van der Waals surface area contributed by atoms with Gasteiger partial charge in [-0.25, -0.2) is 0 Å². The Morgan fingerprint density at radius 1 is 1.36 bits per heavy atom. The molecule has 0 amide bonds. The lowest BCUT2D eigenvalue weighted by Gasteiger charge is -1.98. The summed E-state index contributed by atoms with van der Waals surface area (Å²) in [6, 6.07) is 4.25. The summed E-state index contributed by atoms with van der Waals surface area (Å²) in [7, 11) is 0. The SMILES string of the molecule is CCCCCSC[n+]1cccc(C)c1. The smallest absolute Gasteiger partial charge is 0.194 e. The predicted molar refractivity (Wildman–Crippen MR) is 63.4 cm³/mol. The highest BCUT2D eigenvalue weighted by molar-refractivity contribution is 7.98. The summed E-state index contributed by atoms with van der Waals surface area (Å²) in [5.41, 5.74) is 1.33. The fraction of sp³-hybridized carbons (Fsp3) is 0.583. The molecule has 0 saturated carbocycles. The molecule has 1 heterocycles. The van der Waals surface area contributed by atoms with E-state index < -0.39 is 0 Å². The van der Waals surface area contributed by atoms with Crippen LogP contribution in [0.25, 0.3) is 0 Å². The molecule has 0 aliphatic carbocycles. The first-order valence-corrected chi connectivity index (χ1v) is 6.52. The zero-order chi connectivity index (χ0) is 10.2. The summed E-state index contributed by atoms with van der Waals surface area (Å²) < 4.78 is 2.26. The minimum absolute atomic E-state index is 1.09. The summed E-state index contributed by atoms with van der Waals surface area (Å²) in [4.78, 5) is 0. The van der Waals surface area contributed by atoms with Crippen molar-refractivity contribution in [2.45, 2.75) is 39.0 Å². The fourth-order valence-corrected chi connectivity index (χ4v) is 2.27. The number of hydrogen-bond acceptors (Lipinski definition) is 1. The van der Waals surface area contributed by atoms with Crippen LogP contribution in [0.2, 0.25) is 0 Å². The number of aromatic nitrogens is 1. The lowest BCUT2D eigenvalue weighted by molar-refractivity contribution is -0.676. The number of hydrogen-bond donors (Lipinski definition) is 0. The maximum absolute atomic E-state index is 2.26. The molecule has 0 saturated heterocycles. The van der Waals surface area contributed by atoms with Crippen molar-refractivity contribution in [3.05, 3.63) is 30.1 Å². The third-order valence-corrected chi connectivity index (χ3v) is 3.20. The Hall–Kier alpha value is -0.500. The number of rotatable bonds is 6. The van der Waals surface area contributed by atoms with Crippen molar-refractivity contribution in [1.29, 1.82) is 0 Å². The number of aryl methyl sites for hydroxylation is 1. The van der Waals surface area contributed by atoms with Gasteiger partial charge in [-0.3, -0.25) is 0 Å². The van der Waals surface area contributed by atoms with Crippen LogP contribution in [0.3, 0.4) is 0 Å². The highest BCUT2D eigenvalue weighted by Crippen LogP contribution is 2.05. The van der Waals surface area contributed by atoms with E-state index in [4.69, 9.17) is 0 Å². The molecule has 0 bridgehead atoms. The van der Waals surface area contributed by atoms with E-state index in [9.17, 15) is 0 Å². The summed E-state index contributed by atoms with van der Waals surface area (Å²) in [5.74, 6) is 2.38. The number of unbranched alkanes of at least 4 members (excludes halogenated alkanes) is 2. The molecule has 1 aromatic heterocycles. The van der Waals surface area contributed by atoms with E-state index >= 15 is 0 Å². The van der Waals surface area contributed by atoms with Crippen LogP contribution in [-0.4, -0.2) is 5.75 Å². The molecule has 1 nitrogen and oxygen atoms in total. The minimum Gasteiger partial charge on any atom is -0.195 e. The van der Waals surface area contributed by atoms with Gasteiger partial charge in [0.1, 0.15) is 0 Å². The third kappa shape index (κ3) is 4.66. The molecule has 1 rings (SSSR count). The largest absolute Gasteiger partial charge is 0.195 e. The molecule has 0 atom stereocenters. The van der Waals surface area contributed by atoms with E-state index in [1.807, 2.05) is 11.8 Å². The van der Waals surface area contributed by atoms with Gasteiger partial charge in [-0.15, -0.1) is 0 Å². The standard InChI is InChI=1S/C12H20NS/c1-3-4-5-9-14-11-13-8-6-7-12(2)10-13/h6-8,10H,3-5,9,11H2,1-2H3/q+1. The van der Waals surface area contributed by atoms with Crippen molar-refractivity contribution in [1.82, 2.24) is 0 Å². The Bertz CT molecular complexity index is 260. The van der Waals surface area contributed by atoms with Crippen LogP contribution >= 0.6 is 11.8 Å². The first-order chi connectivity index (χ1) is 6.83. The molecule has 0 aliphatic rings. The second-order valence-electron chi connectivity index (χ2n) is 3.64. The number of pyridine rings is 1. The maximum Gasteiger partial charge on any atom is 0.194 e. The Labute approximate surface area is 91.5 Å². The van der Waals surface area contributed by atoms with Crippen molar-refractivity contribution in [2.24, 2.45) is 0 Å². The second kappa shape index (κ2) is 6.88. The molecule has 0 fully saturated rings. The molecule has 1 aromatic rings. The van der Waals surface area contributed by atoms with E-state index in [2.05, 4.69) is 42.9 Å². The molecular formula is C12H20NS+. The molecule has 0 radical (unpaired) electrons. The van der Waals surface area contributed by atoms with Gasteiger partial charge < -0.3 is 0 Å². The molecular weight excluding hydrogens is 190 g/mol. The van der Waals surface area contributed by atoms with Gasteiger partial charge in [-0.05, 0) is 25.2 Å². The quantitative estimate of drug-likeness (QED) is 0.515. The van der Waals surface area contributed by atoms with Crippen LogP contribution in [0.4, 0.5) is 0 Å². The van der Waals surface area contributed by atoms with Gasteiger partial charge in [0.05, 0.1) is 0 Å². The van der Waals surface area contributed by atoms with Gasteiger partial charge >= 0.3 is 0 Å². The van der Waals surface area contributed by atoms with E-state index in [0.29, 0.717) is 0 Å². The number of thioether (sulfide) groups is 1. The highest BCUT2D eigenvalue weighted by Gasteiger charge is 1.99. The first kappa shape index (κ1) is 11.6. The maximum atomic E-state index is 2.26. The molecule has 0 aliphatic heterocycles. The van der Waals surface area contributed by atoms with Crippen LogP contribution in [0.1, 0.15) is 31.7 Å². The van der Waals surface area contributed by atoms with Crippen LogP contribution < -0.4 is 4.57 Å². The van der Waals surface area contributed by atoms with Crippen LogP contribution in [0.15, 0.2) is 24.5 Å². The minimum atomic E-state index is 1.09. The summed E-state index contributed by atoms with van der Waals surface area (Å²) in [6.07, 6.45) is 8.38. The normalized spacial score (nSPS) is 10.4. The van der Waals surface area contributed by atoms with E-state index in [1.54, 1.807) is 0 Å².